The van der Waals surface area contributed by atoms with Crippen molar-refractivity contribution in [3.05, 3.63) is 29.3 Å². The standard InChI is InChI=1S/C14H21NO3S/c1-10-4-5-11(9-16)8-13(10)19(17,18)15-14(2,3)12-6-7-12/h4-5,8,12,15-16H,6-7,9H2,1-3H3. The average molecular weight is 283 g/mol. The number of rotatable bonds is 5. The summed E-state index contributed by atoms with van der Waals surface area (Å²) < 4.78 is 27.7. The van der Waals surface area contributed by atoms with E-state index in [0.717, 1.165) is 12.8 Å². The van der Waals surface area contributed by atoms with Crippen LogP contribution in [-0.2, 0) is 16.6 Å². The third-order valence-corrected chi connectivity index (χ3v) is 5.53. The van der Waals surface area contributed by atoms with Crippen LogP contribution in [0.1, 0.15) is 37.8 Å². The first-order chi connectivity index (χ1) is 8.76. The minimum Gasteiger partial charge on any atom is -0.392 e. The molecule has 1 saturated carbocycles. The molecule has 1 aromatic rings. The van der Waals surface area contributed by atoms with E-state index in [1.165, 1.54) is 0 Å². The van der Waals surface area contributed by atoms with Gasteiger partial charge in [0.2, 0.25) is 10.0 Å². The molecule has 0 amide bonds. The molecule has 1 aliphatic carbocycles. The molecule has 5 heteroatoms. The summed E-state index contributed by atoms with van der Waals surface area (Å²) in [6.45, 7) is 5.45. The molecule has 106 valence electrons. The first-order valence-corrected chi connectivity index (χ1v) is 7.99. The molecule has 0 aliphatic heterocycles. The van der Waals surface area contributed by atoms with Gasteiger partial charge in [-0.1, -0.05) is 12.1 Å². The molecule has 2 rings (SSSR count). The first kappa shape index (κ1) is 14.5. The van der Waals surface area contributed by atoms with Gasteiger partial charge in [-0.2, -0.15) is 0 Å². The highest BCUT2D eigenvalue weighted by atomic mass is 32.2. The topological polar surface area (TPSA) is 66.4 Å². The summed E-state index contributed by atoms with van der Waals surface area (Å²) in [5.41, 5.74) is 0.882. The van der Waals surface area contributed by atoms with Gasteiger partial charge >= 0.3 is 0 Å². The van der Waals surface area contributed by atoms with Crippen LogP contribution < -0.4 is 4.72 Å². The normalized spacial score (nSPS) is 16.6. The highest BCUT2D eigenvalue weighted by Crippen LogP contribution is 2.40. The van der Waals surface area contributed by atoms with Crippen LogP contribution >= 0.6 is 0 Å². The monoisotopic (exact) mass is 283 g/mol. The van der Waals surface area contributed by atoms with Crippen LogP contribution in [0.5, 0.6) is 0 Å². The third kappa shape index (κ3) is 3.16. The van der Waals surface area contributed by atoms with Gasteiger partial charge in [-0.25, -0.2) is 13.1 Å². The molecule has 0 heterocycles. The van der Waals surface area contributed by atoms with Crippen molar-refractivity contribution in [1.29, 1.82) is 0 Å². The maximum atomic E-state index is 12.5. The second-order valence-electron chi connectivity index (χ2n) is 5.86. The number of aliphatic hydroxyl groups excluding tert-OH is 1. The zero-order valence-electron chi connectivity index (χ0n) is 11.6. The van der Waals surface area contributed by atoms with Gasteiger partial charge in [0.1, 0.15) is 0 Å². The third-order valence-electron chi connectivity index (χ3n) is 3.72. The Morgan fingerprint density at radius 2 is 2.00 bits per heavy atom. The maximum absolute atomic E-state index is 12.5. The van der Waals surface area contributed by atoms with E-state index < -0.39 is 15.6 Å². The zero-order valence-corrected chi connectivity index (χ0v) is 12.4. The van der Waals surface area contributed by atoms with Gasteiger partial charge in [0.25, 0.3) is 0 Å². The van der Waals surface area contributed by atoms with Crippen molar-refractivity contribution in [3.8, 4) is 0 Å². The van der Waals surface area contributed by atoms with Crippen molar-refractivity contribution in [3.63, 3.8) is 0 Å². The summed E-state index contributed by atoms with van der Waals surface area (Å²) in [5, 5.41) is 9.13. The quantitative estimate of drug-likeness (QED) is 0.868. The van der Waals surface area contributed by atoms with Crippen LogP contribution in [0, 0.1) is 12.8 Å². The van der Waals surface area contributed by atoms with Gasteiger partial charge < -0.3 is 5.11 Å². The number of benzene rings is 1. The highest BCUT2D eigenvalue weighted by Gasteiger charge is 2.40. The molecule has 4 nitrogen and oxygen atoms in total. The number of sulfonamides is 1. The molecule has 0 aromatic heterocycles. The smallest absolute Gasteiger partial charge is 0.241 e. The SMILES string of the molecule is Cc1ccc(CO)cc1S(=O)(=O)NC(C)(C)C1CC1. The maximum Gasteiger partial charge on any atom is 0.241 e. The molecular weight excluding hydrogens is 262 g/mol. The molecule has 0 spiro atoms. The molecule has 0 atom stereocenters. The minimum atomic E-state index is -3.55. The van der Waals surface area contributed by atoms with Crippen molar-refractivity contribution < 1.29 is 13.5 Å². The molecule has 1 aromatic carbocycles. The number of aliphatic hydroxyl groups is 1. The Hall–Kier alpha value is -0.910. The Kier molecular flexibility index (Phi) is 3.73. The van der Waals surface area contributed by atoms with Crippen LogP contribution in [0.3, 0.4) is 0 Å². The fourth-order valence-electron chi connectivity index (χ4n) is 2.32. The van der Waals surface area contributed by atoms with E-state index in [1.807, 2.05) is 13.8 Å². The fourth-order valence-corrected chi connectivity index (χ4v) is 4.09. The van der Waals surface area contributed by atoms with Gasteiger partial charge in [0.15, 0.2) is 0 Å². The molecule has 2 N–H and O–H groups in total. The highest BCUT2D eigenvalue weighted by molar-refractivity contribution is 7.89. The van der Waals surface area contributed by atoms with Gasteiger partial charge in [0.05, 0.1) is 11.5 Å². The number of hydrogen-bond donors (Lipinski definition) is 2. The largest absolute Gasteiger partial charge is 0.392 e. The summed E-state index contributed by atoms with van der Waals surface area (Å²) >= 11 is 0. The lowest BCUT2D eigenvalue weighted by Crippen LogP contribution is -2.45. The lowest BCUT2D eigenvalue weighted by Gasteiger charge is -2.26. The first-order valence-electron chi connectivity index (χ1n) is 6.50. The van der Waals surface area contributed by atoms with E-state index in [9.17, 15) is 8.42 Å². The summed E-state index contributed by atoms with van der Waals surface area (Å²) in [4.78, 5) is 0.257. The van der Waals surface area contributed by atoms with E-state index >= 15 is 0 Å². The average Bonchev–Trinajstić information content (AvgIpc) is 3.12. The predicted molar refractivity (Wildman–Crippen MR) is 74.2 cm³/mol. The van der Waals surface area contributed by atoms with Crippen LogP contribution in [-0.4, -0.2) is 19.1 Å². The molecule has 19 heavy (non-hydrogen) atoms. The fraction of sp³-hybridized carbons (Fsp3) is 0.571. The number of nitrogens with one attached hydrogen (secondary N) is 1. The molecule has 1 fully saturated rings. The van der Waals surface area contributed by atoms with Crippen molar-refractivity contribution in [2.75, 3.05) is 0 Å². The summed E-state index contributed by atoms with van der Waals surface area (Å²) in [6, 6.07) is 5.01. The summed E-state index contributed by atoms with van der Waals surface area (Å²) in [6.07, 6.45) is 2.15. The molecule has 1 aliphatic rings. The zero-order chi connectivity index (χ0) is 14.3. The van der Waals surface area contributed by atoms with Crippen molar-refractivity contribution >= 4 is 10.0 Å². The van der Waals surface area contributed by atoms with Crippen LogP contribution in [0.2, 0.25) is 0 Å². The van der Waals surface area contributed by atoms with E-state index in [-0.39, 0.29) is 11.5 Å². The molecule has 0 unspecified atom stereocenters. The molecule has 0 bridgehead atoms. The van der Waals surface area contributed by atoms with Gasteiger partial charge in [-0.05, 0) is 56.7 Å². The second-order valence-corrected chi connectivity index (χ2v) is 7.51. The summed E-state index contributed by atoms with van der Waals surface area (Å²) in [7, 11) is -3.55. The van der Waals surface area contributed by atoms with Gasteiger partial charge in [-0.15, -0.1) is 0 Å². The lowest BCUT2D eigenvalue weighted by atomic mass is 10.0. The van der Waals surface area contributed by atoms with Gasteiger partial charge in [-0.3, -0.25) is 0 Å². The van der Waals surface area contributed by atoms with E-state index in [2.05, 4.69) is 4.72 Å². The molecular formula is C14H21NO3S. The number of hydrogen-bond acceptors (Lipinski definition) is 3. The molecule has 0 radical (unpaired) electrons. The Bertz CT molecular complexity index is 574. The Morgan fingerprint density at radius 1 is 1.37 bits per heavy atom. The Balaban J connectivity index is 2.33. The van der Waals surface area contributed by atoms with E-state index in [1.54, 1.807) is 25.1 Å². The lowest BCUT2D eigenvalue weighted by molar-refractivity contribution is 0.281. The van der Waals surface area contributed by atoms with E-state index in [0.29, 0.717) is 17.0 Å². The predicted octanol–water partition coefficient (Wildman–Crippen LogP) is 1.95. The number of aryl methyl sites for hydroxylation is 1. The van der Waals surface area contributed by atoms with Crippen molar-refractivity contribution in [1.82, 2.24) is 4.72 Å². The molecule has 0 saturated heterocycles. The van der Waals surface area contributed by atoms with Crippen LogP contribution in [0.15, 0.2) is 23.1 Å². The van der Waals surface area contributed by atoms with Crippen molar-refractivity contribution in [2.24, 2.45) is 5.92 Å². The van der Waals surface area contributed by atoms with Crippen LogP contribution in [0.25, 0.3) is 0 Å². The minimum absolute atomic E-state index is 0.158. The van der Waals surface area contributed by atoms with E-state index in [4.69, 9.17) is 5.11 Å². The Labute approximate surface area is 114 Å². The second kappa shape index (κ2) is 4.89. The summed E-state index contributed by atoms with van der Waals surface area (Å²) in [5.74, 6) is 0.420. The Morgan fingerprint density at radius 3 is 2.53 bits per heavy atom. The van der Waals surface area contributed by atoms with Crippen molar-refractivity contribution in [2.45, 2.75) is 50.7 Å². The van der Waals surface area contributed by atoms with Crippen LogP contribution in [0.4, 0.5) is 0 Å². The van der Waals surface area contributed by atoms with Gasteiger partial charge in [0, 0.05) is 5.54 Å².